The van der Waals surface area contributed by atoms with Gasteiger partial charge in [-0.3, -0.25) is 9.36 Å². The number of nitrogens with zero attached hydrogens (tertiary/aromatic N) is 4. The molecule has 1 aromatic rings. The second kappa shape index (κ2) is 8.60. The highest BCUT2D eigenvalue weighted by Gasteiger charge is 2.27. The van der Waals surface area contributed by atoms with Crippen LogP contribution in [0.2, 0.25) is 0 Å². The summed E-state index contributed by atoms with van der Waals surface area (Å²) in [6.45, 7) is 1.37. The van der Waals surface area contributed by atoms with Gasteiger partial charge in [-0.05, 0) is 19.8 Å². The van der Waals surface area contributed by atoms with Crippen molar-refractivity contribution in [3.8, 4) is 0 Å². The lowest BCUT2D eigenvalue weighted by Gasteiger charge is -2.33. The summed E-state index contributed by atoms with van der Waals surface area (Å²) >= 11 is 0. The lowest BCUT2D eigenvalue weighted by atomic mass is 9.97. The molecule has 1 aliphatic rings. The Kier molecular flexibility index (Phi) is 6.51. The van der Waals surface area contributed by atoms with Crippen LogP contribution in [0.5, 0.6) is 0 Å². The maximum Gasteiger partial charge on any atom is 0.319 e. The summed E-state index contributed by atoms with van der Waals surface area (Å²) in [4.78, 5) is 21.9. The number of nitrogens with one attached hydrogen (secondary N) is 1. The van der Waals surface area contributed by atoms with E-state index >= 15 is 0 Å². The van der Waals surface area contributed by atoms with Crippen LogP contribution in [0.25, 0.3) is 0 Å². The Hall–Kier alpha value is -2.19. The van der Waals surface area contributed by atoms with Gasteiger partial charge in [0.2, 0.25) is 0 Å². The molecule has 1 saturated heterocycles. The van der Waals surface area contributed by atoms with E-state index in [0.717, 1.165) is 4.57 Å². The molecule has 1 N–H and O–H groups in total. The summed E-state index contributed by atoms with van der Waals surface area (Å²) in [6, 6.07) is 0. The van der Waals surface area contributed by atoms with Crippen molar-refractivity contribution >= 4 is 11.9 Å². The number of rotatable bonds is 5. The second-order valence-corrected chi connectivity index (χ2v) is 5.48. The van der Waals surface area contributed by atoms with Crippen molar-refractivity contribution in [3.05, 3.63) is 18.2 Å². The highest BCUT2D eigenvalue weighted by Crippen LogP contribution is 2.19. The lowest BCUT2D eigenvalue weighted by molar-refractivity contribution is -0.146. The maximum absolute atomic E-state index is 12.8. The fourth-order valence-corrected chi connectivity index (χ4v) is 2.71. The summed E-state index contributed by atoms with van der Waals surface area (Å²) in [7, 11) is 1.39. The van der Waals surface area contributed by atoms with Gasteiger partial charge in [-0.2, -0.15) is 8.78 Å². The van der Waals surface area contributed by atoms with E-state index < -0.39 is 6.55 Å². The highest BCUT2D eigenvalue weighted by molar-refractivity contribution is 5.80. The van der Waals surface area contributed by atoms with Crippen molar-refractivity contribution in [2.24, 2.45) is 10.9 Å². The number of imidazole rings is 1. The number of aromatic nitrogens is 2. The first-order valence-electron chi connectivity index (χ1n) is 7.97. The van der Waals surface area contributed by atoms with E-state index in [2.05, 4.69) is 15.3 Å². The maximum atomic E-state index is 12.8. The molecule has 9 heteroatoms. The van der Waals surface area contributed by atoms with Crippen molar-refractivity contribution in [3.63, 3.8) is 0 Å². The van der Waals surface area contributed by atoms with E-state index in [0.29, 0.717) is 38.4 Å². The van der Waals surface area contributed by atoms with Gasteiger partial charge in [-0.15, -0.1) is 0 Å². The number of esters is 1. The molecule has 7 nitrogen and oxygen atoms in total. The number of ether oxygens (including phenoxy) is 1. The second-order valence-electron chi connectivity index (χ2n) is 5.48. The number of halogens is 2. The quantitative estimate of drug-likeness (QED) is 0.500. The molecule has 1 fully saturated rings. The zero-order valence-electron chi connectivity index (χ0n) is 13.9. The van der Waals surface area contributed by atoms with Crippen LogP contribution in [0.1, 0.15) is 32.1 Å². The van der Waals surface area contributed by atoms with Crippen LogP contribution in [0.3, 0.4) is 0 Å². The molecule has 0 aromatic carbocycles. The largest absolute Gasteiger partial charge is 0.469 e. The molecule has 2 heterocycles. The third-order valence-corrected chi connectivity index (χ3v) is 3.99. The SMILES string of the molecule is CCNC(=NCc1nccn1C(F)F)N1CCC(C(=O)OC)CC1. The Morgan fingerprint density at radius 3 is 2.79 bits per heavy atom. The van der Waals surface area contributed by atoms with Crippen molar-refractivity contribution in [1.29, 1.82) is 0 Å². The molecule has 0 radical (unpaired) electrons. The summed E-state index contributed by atoms with van der Waals surface area (Å²) < 4.78 is 31.3. The molecule has 0 amide bonds. The Morgan fingerprint density at radius 2 is 2.21 bits per heavy atom. The van der Waals surface area contributed by atoms with Gasteiger partial charge in [0.1, 0.15) is 12.4 Å². The minimum Gasteiger partial charge on any atom is -0.469 e. The molecule has 2 rings (SSSR count). The van der Waals surface area contributed by atoms with E-state index in [1.807, 2.05) is 11.8 Å². The monoisotopic (exact) mass is 343 g/mol. The minimum atomic E-state index is -2.63. The van der Waals surface area contributed by atoms with Crippen LogP contribution in [-0.4, -0.2) is 53.1 Å². The normalized spacial score (nSPS) is 16.5. The van der Waals surface area contributed by atoms with Gasteiger partial charge in [0, 0.05) is 32.0 Å². The van der Waals surface area contributed by atoms with Crippen LogP contribution >= 0.6 is 0 Å². The number of carbonyl (C=O) groups is 1. The summed E-state index contributed by atoms with van der Waals surface area (Å²) in [5.41, 5.74) is 0. The van der Waals surface area contributed by atoms with Crippen LogP contribution < -0.4 is 5.32 Å². The Labute approximate surface area is 139 Å². The van der Waals surface area contributed by atoms with Crippen LogP contribution in [0, 0.1) is 5.92 Å². The predicted molar refractivity (Wildman–Crippen MR) is 84.6 cm³/mol. The van der Waals surface area contributed by atoms with E-state index in [4.69, 9.17) is 4.74 Å². The van der Waals surface area contributed by atoms with Gasteiger partial charge in [0.15, 0.2) is 5.96 Å². The Bertz CT molecular complexity index is 568. The molecule has 24 heavy (non-hydrogen) atoms. The number of hydrogen-bond donors (Lipinski definition) is 1. The van der Waals surface area contributed by atoms with Crippen molar-refractivity contribution in [1.82, 2.24) is 19.8 Å². The molecule has 0 spiro atoms. The first kappa shape index (κ1) is 18.2. The number of likely N-dealkylation sites (tertiary alicyclic amines) is 1. The molecule has 0 bridgehead atoms. The average Bonchev–Trinajstić information content (AvgIpc) is 3.07. The van der Waals surface area contributed by atoms with Crippen molar-refractivity contribution in [2.45, 2.75) is 32.9 Å². The van der Waals surface area contributed by atoms with Gasteiger partial charge < -0.3 is 15.0 Å². The molecular weight excluding hydrogens is 320 g/mol. The van der Waals surface area contributed by atoms with E-state index in [1.165, 1.54) is 19.5 Å². The smallest absolute Gasteiger partial charge is 0.319 e. The molecule has 0 atom stereocenters. The molecular formula is C15H23F2N5O2. The Balaban J connectivity index is 2.01. The number of guanidine groups is 1. The summed E-state index contributed by atoms with van der Waals surface area (Å²) in [5.74, 6) is 0.580. The average molecular weight is 343 g/mol. The fourth-order valence-electron chi connectivity index (χ4n) is 2.71. The van der Waals surface area contributed by atoms with E-state index in [-0.39, 0.29) is 24.3 Å². The number of carbonyl (C=O) groups excluding carboxylic acids is 1. The first-order chi connectivity index (χ1) is 11.6. The van der Waals surface area contributed by atoms with Gasteiger partial charge in [0.05, 0.1) is 13.0 Å². The molecule has 0 unspecified atom stereocenters. The topological polar surface area (TPSA) is 71.8 Å². The number of piperidine rings is 1. The zero-order valence-corrected chi connectivity index (χ0v) is 13.9. The molecule has 1 aromatic heterocycles. The summed E-state index contributed by atoms with van der Waals surface area (Å²) in [6.07, 6.45) is 3.95. The van der Waals surface area contributed by atoms with Crippen molar-refractivity contribution < 1.29 is 18.3 Å². The Morgan fingerprint density at radius 1 is 1.50 bits per heavy atom. The fraction of sp³-hybridized carbons (Fsp3) is 0.667. The van der Waals surface area contributed by atoms with Gasteiger partial charge in [0.25, 0.3) is 0 Å². The number of hydrogen-bond acceptors (Lipinski definition) is 4. The molecule has 0 aliphatic carbocycles. The molecule has 0 saturated carbocycles. The van der Waals surface area contributed by atoms with Crippen LogP contribution in [-0.2, 0) is 16.1 Å². The highest BCUT2D eigenvalue weighted by atomic mass is 19.3. The van der Waals surface area contributed by atoms with Crippen LogP contribution in [0.15, 0.2) is 17.4 Å². The lowest BCUT2D eigenvalue weighted by Crippen LogP contribution is -2.46. The van der Waals surface area contributed by atoms with Crippen LogP contribution in [0.4, 0.5) is 8.78 Å². The standard InChI is InChI=1S/C15H23F2N5O2/c1-3-18-15(20-10-12-19-6-9-22(12)14(16)17)21-7-4-11(5-8-21)13(23)24-2/h6,9,11,14H,3-5,7-8,10H2,1-2H3,(H,18,20). The van der Waals surface area contributed by atoms with E-state index in [9.17, 15) is 13.6 Å². The third-order valence-electron chi connectivity index (χ3n) is 3.99. The van der Waals surface area contributed by atoms with Gasteiger partial charge in [-0.25, -0.2) is 9.98 Å². The summed E-state index contributed by atoms with van der Waals surface area (Å²) in [5, 5.41) is 3.16. The third kappa shape index (κ3) is 4.42. The number of alkyl halides is 2. The number of methoxy groups -OCH3 is 1. The minimum absolute atomic E-state index is 0.0661. The van der Waals surface area contributed by atoms with Gasteiger partial charge >= 0.3 is 12.5 Å². The molecule has 1 aliphatic heterocycles. The predicted octanol–water partition coefficient (Wildman–Crippen LogP) is 1.63. The first-order valence-corrected chi connectivity index (χ1v) is 7.97. The van der Waals surface area contributed by atoms with Gasteiger partial charge in [-0.1, -0.05) is 0 Å². The zero-order chi connectivity index (χ0) is 17.5. The van der Waals surface area contributed by atoms with E-state index in [1.54, 1.807) is 0 Å². The number of aliphatic imine (C=N–C) groups is 1. The molecule has 134 valence electrons. The van der Waals surface area contributed by atoms with Crippen molar-refractivity contribution in [2.75, 3.05) is 26.7 Å².